The molecule has 2 rings (SSSR count). The lowest BCUT2D eigenvalue weighted by molar-refractivity contribution is 0.732. The number of hydrogen-bond donors (Lipinski definition) is 2. The van der Waals surface area contributed by atoms with Crippen LogP contribution in [0.25, 0.3) is 0 Å². The van der Waals surface area contributed by atoms with Gasteiger partial charge in [-0.15, -0.1) is 0 Å². The van der Waals surface area contributed by atoms with E-state index in [2.05, 4.69) is 50.2 Å². The molecule has 2 unspecified atom stereocenters. The highest BCUT2D eigenvalue weighted by Gasteiger charge is 2.10. The molecule has 0 heterocycles. The van der Waals surface area contributed by atoms with Gasteiger partial charge in [-0.3, -0.25) is 0 Å². The molecular formula is C18H24N2. The molecule has 0 aliphatic rings. The fourth-order valence-electron chi connectivity index (χ4n) is 2.32. The van der Waals surface area contributed by atoms with E-state index in [1.807, 2.05) is 12.1 Å². The maximum Gasteiger partial charge on any atom is 0.0551 e. The van der Waals surface area contributed by atoms with Crippen molar-refractivity contribution in [1.82, 2.24) is 0 Å². The molecule has 0 aliphatic carbocycles. The van der Waals surface area contributed by atoms with Crippen LogP contribution in [0.1, 0.15) is 54.5 Å². The standard InChI is InChI=1S/C18H24N2/c1-3-13(2)15-8-10-17(11-9-15)18(20)16-6-4-14(12-19)5-7-16/h4-11,13,18H,3,12,19-20H2,1-2H3. The quantitative estimate of drug-likeness (QED) is 0.868. The van der Waals surface area contributed by atoms with Crippen molar-refractivity contribution in [2.75, 3.05) is 0 Å². The van der Waals surface area contributed by atoms with E-state index >= 15 is 0 Å². The number of benzene rings is 2. The van der Waals surface area contributed by atoms with Crippen LogP contribution >= 0.6 is 0 Å². The van der Waals surface area contributed by atoms with E-state index in [0.29, 0.717) is 12.5 Å². The van der Waals surface area contributed by atoms with Crippen LogP contribution < -0.4 is 11.5 Å². The highest BCUT2D eigenvalue weighted by atomic mass is 14.6. The minimum atomic E-state index is -0.0761. The van der Waals surface area contributed by atoms with Crippen molar-refractivity contribution in [2.24, 2.45) is 11.5 Å². The van der Waals surface area contributed by atoms with Crippen LogP contribution in [0, 0.1) is 0 Å². The Bertz CT molecular complexity index is 528. The van der Waals surface area contributed by atoms with E-state index in [4.69, 9.17) is 11.5 Å². The summed E-state index contributed by atoms with van der Waals surface area (Å²) in [5, 5.41) is 0. The summed E-state index contributed by atoms with van der Waals surface area (Å²) >= 11 is 0. The lowest BCUT2D eigenvalue weighted by atomic mass is 9.94. The van der Waals surface area contributed by atoms with Crippen LogP contribution in [-0.4, -0.2) is 0 Å². The van der Waals surface area contributed by atoms with E-state index in [1.165, 1.54) is 5.56 Å². The van der Waals surface area contributed by atoms with E-state index in [-0.39, 0.29) is 6.04 Å². The van der Waals surface area contributed by atoms with Crippen molar-refractivity contribution >= 4 is 0 Å². The minimum Gasteiger partial charge on any atom is -0.326 e. The fourth-order valence-corrected chi connectivity index (χ4v) is 2.32. The van der Waals surface area contributed by atoms with E-state index in [9.17, 15) is 0 Å². The molecule has 2 nitrogen and oxygen atoms in total. The zero-order valence-corrected chi connectivity index (χ0v) is 12.3. The Morgan fingerprint density at radius 3 is 1.75 bits per heavy atom. The fraction of sp³-hybridized carbons (Fsp3) is 0.333. The summed E-state index contributed by atoms with van der Waals surface area (Å²) in [5.74, 6) is 0.601. The Hall–Kier alpha value is -1.64. The summed E-state index contributed by atoms with van der Waals surface area (Å²) in [7, 11) is 0. The molecule has 2 aromatic rings. The second-order valence-corrected chi connectivity index (χ2v) is 5.40. The monoisotopic (exact) mass is 268 g/mol. The van der Waals surface area contributed by atoms with Gasteiger partial charge in [0.1, 0.15) is 0 Å². The average Bonchev–Trinajstić information content (AvgIpc) is 2.53. The van der Waals surface area contributed by atoms with Gasteiger partial charge in [-0.1, -0.05) is 62.4 Å². The van der Waals surface area contributed by atoms with E-state index < -0.39 is 0 Å². The number of nitrogens with two attached hydrogens (primary N) is 2. The van der Waals surface area contributed by atoms with Crippen molar-refractivity contribution in [3.8, 4) is 0 Å². The zero-order valence-electron chi connectivity index (χ0n) is 12.3. The second kappa shape index (κ2) is 6.69. The number of rotatable bonds is 5. The lowest BCUT2D eigenvalue weighted by Crippen LogP contribution is -2.12. The Labute approximate surface area is 121 Å². The molecule has 4 N–H and O–H groups in total. The maximum atomic E-state index is 6.34. The molecule has 2 atom stereocenters. The average molecular weight is 268 g/mol. The van der Waals surface area contributed by atoms with Gasteiger partial charge in [-0.05, 0) is 34.6 Å². The van der Waals surface area contributed by atoms with Crippen molar-refractivity contribution < 1.29 is 0 Å². The third-order valence-electron chi connectivity index (χ3n) is 4.05. The Morgan fingerprint density at radius 2 is 1.30 bits per heavy atom. The molecule has 0 amide bonds. The lowest BCUT2D eigenvalue weighted by Gasteiger charge is -2.15. The predicted molar refractivity (Wildman–Crippen MR) is 85.5 cm³/mol. The van der Waals surface area contributed by atoms with Gasteiger partial charge in [0.05, 0.1) is 6.04 Å². The van der Waals surface area contributed by atoms with Crippen LogP contribution in [0.5, 0.6) is 0 Å². The molecule has 2 aromatic carbocycles. The van der Waals surface area contributed by atoms with E-state index in [0.717, 1.165) is 23.1 Å². The molecule has 2 heteroatoms. The van der Waals surface area contributed by atoms with Gasteiger partial charge >= 0.3 is 0 Å². The summed E-state index contributed by atoms with van der Waals surface area (Å²) in [6.07, 6.45) is 1.16. The van der Waals surface area contributed by atoms with Crippen LogP contribution in [0.3, 0.4) is 0 Å². The molecule has 0 bridgehead atoms. The first-order valence-electron chi connectivity index (χ1n) is 7.30. The van der Waals surface area contributed by atoms with Crippen molar-refractivity contribution in [2.45, 2.75) is 38.8 Å². The molecular weight excluding hydrogens is 244 g/mol. The van der Waals surface area contributed by atoms with Crippen molar-refractivity contribution in [1.29, 1.82) is 0 Å². The zero-order chi connectivity index (χ0) is 14.5. The predicted octanol–water partition coefficient (Wildman–Crippen LogP) is 3.71. The molecule has 0 radical (unpaired) electrons. The van der Waals surface area contributed by atoms with Gasteiger partial charge in [0.25, 0.3) is 0 Å². The van der Waals surface area contributed by atoms with Crippen LogP contribution in [0.4, 0.5) is 0 Å². The van der Waals surface area contributed by atoms with Gasteiger partial charge in [-0.25, -0.2) is 0 Å². The SMILES string of the molecule is CCC(C)c1ccc(C(N)c2ccc(CN)cc2)cc1. The third kappa shape index (κ3) is 3.27. The first-order chi connectivity index (χ1) is 9.65. The molecule has 0 spiro atoms. The Balaban J connectivity index is 2.17. The van der Waals surface area contributed by atoms with Gasteiger partial charge in [0, 0.05) is 6.54 Å². The highest BCUT2D eigenvalue weighted by molar-refractivity contribution is 5.35. The summed E-state index contributed by atoms with van der Waals surface area (Å²) in [5.41, 5.74) is 16.7. The molecule has 20 heavy (non-hydrogen) atoms. The van der Waals surface area contributed by atoms with Crippen LogP contribution in [0.2, 0.25) is 0 Å². The summed E-state index contributed by atoms with van der Waals surface area (Å²) in [6.45, 7) is 5.03. The van der Waals surface area contributed by atoms with E-state index in [1.54, 1.807) is 0 Å². The topological polar surface area (TPSA) is 52.0 Å². The van der Waals surface area contributed by atoms with Crippen LogP contribution in [-0.2, 0) is 6.54 Å². The normalized spacial score (nSPS) is 14.0. The number of hydrogen-bond acceptors (Lipinski definition) is 2. The summed E-state index contributed by atoms with van der Waals surface area (Å²) in [4.78, 5) is 0. The molecule has 0 aromatic heterocycles. The smallest absolute Gasteiger partial charge is 0.0551 e. The first kappa shape index (κ1) is 14.8. The van der Waals surface area contributed by atoms with Gasteiger partial charge < -0.3 is 11.5 Å². The largest absolute Gasteiger partial charge is 0.326 e. The van der Waals surface area contributed by atoms with Crippen molar-refractivity contribution in [3.05, 3.63) is 70.8 Å². The molecule has 0 saturated carbocycles. The molecule has 0 fully saturated rings. The van der Waals surface area contributed by atoms with Crippen LogP contribution in [0.15, 0.2) is 48.5 Å². The van der Waals surface area contributed by atoms with Gasteiger partial charge in [0.15, 0.2) is 0 Å². The maximum absolute atomic E-state index is 6.34. The highest BCUT2D eigenvalue weighted by Crippen LogP contribution is 2.24. The molecule has 0 saturated heterocycles. The Morgan fingerprint density at radius 1 is 0.850 bits per heavy atom. The second-order valence-electron chi connectivity index (χ2n) is 5.40. The van der Waals surface area contributed by atoms with Gasteiger partial charge in [-0.2, -0.15) is 0 Å². The summed E-state index contributed by atoms with van der Waals surface area (Å²) in [6, 6.07) is 16.8. The molecule has 106 valence electrons. The van der Waals surface area contributed by atoms with Gasteiger partial charge in [0.2, 0.25) is 0 Å². The first-order valence-corrected chi connectivity index (χ1v) is 7.30. The molecule has 0 aliphatic heterocycles. The minimum absolute atomic E-state index is 0.0761. The van der Waals surface area contributed by atoms with Crippen molar-refractivity contribution in [3.63, 3.8) is 0 Å². The summed E-state index contributed by atoms with van der Waals surface area (Å²) < 4.78 is 0. The third-order valence-corrected chi connectivity index (χ3v) is 4.05. The Kier molecular flexibility index (Phi) is 4.94.